The first-order valence-electron chi connectivity index (χ1n) is 8.30. The Morgan fingerprint density at radius 2 is 2.04 bits per heavy atom. The van der Waals surface area contributed by atoms with Crippen molar-refractivity contribution in [1.82, 2.24) is 9.88 Å². The average molecular weight is 334 g/mol. The molecule has 2 fully saturated rings. The third-order valence-electron chi connectivity index (χ3n) is 4.78. The molecule has 126 valence electrons. The van der Waals surface area contributed by atoms with Gasteiger partial charge in [-0.25, -0.2) is 4.98 Å². The van der Waals surface area contributed by atoms with Crippen molar-refractivity contribution >= 4 is 11.7 Å². The van der Waals surface area contributed by atoms with Gasteiger partial charge in [-0.1, -0.05) is 30.3 Å². The molecule has 0 spiro atoms. The average Bonchev–Trinajstić information content (AvgIpc) is 3.10. The van der Waals surface area contributed by atoms with Crippen molar-refractivity contribution in [3.63, 3.8) is 0 Å². The molecule has 2 aliphatic heterocycles. The predicted octanol–water partition coefficient (Wildman–Crippen LogP) is 1.57. The summed E-state index contributed by atoms with van der Waals surface area (Å²) in [6.45, 7) is 2.10. The Balaban J connectivity index is 1.53. The highest BCUT2D eigenvalue weighted by atomic mass is 16.5. The van der Waals surface area contributed by atoms with Gasteiger partial charge >= 0.3 is 0 Å². The van der Waals surface area contributed by atoms with E-state index >= 15 is 0 Å². The van der Waals surface area contributed by atoms with Crippen molar-refractivity contribution in [2.24, 2.45) is 0 Å². The molecule has 0 radical (unpaired) electrons. The first kappa shape index (κ1) is 15.6. The van der Waals surface area contributed by atoms with Crippen LogP contribution in [0.3, 0.4) is 0 Å². The van der Waals surface area contributed by atoms with Gasteiger partial charge in [0.1, 0.15) is 18.5 Å². The number of nitrogens with zero attached hydrogens (tertiary/aromatic N) is 4. The summed E-state index contributed by atoms with van der Waals surface area (Å²) in [5, 5.41) is 8.90. The van der Waals surface area contributed by atoms with Gasteiger partial charge in [-0.3, -0.25) is 4.79 Å². The summed E-state index contributed by atoms with van der Waals surface area (Å²) in [6.07, 6.45) is 1.56. The smallest absolute Gasteiger partial charge is 0.249 e. The van der Waals surface area contributed by atoms with Gasteiger partial charge in [-0.15, -0.1) is 0 Å². The molecule has 2 aliphatic rings. The Labute approximate surface area is 146 Å². The van der Waals surface area contributed by atoms with E-state index in [1.165, 1.54) is 0 Å². The van der Waals surface area contributed by atoms with Gasteiger partial charge in [-0.2, -0.15) is 5.26 Å². The second-order valence-electron chi connectivity index (χ2n) is 6.35. The lowest BCUT2D eigenvalue weighted by molar-refractivity contribution is -0.153. The maximum Gasteiger partial charge on any atom is 0.249 e. The van der Waals surface area contributed by atoms with Gasteiger partial charge < -0.3 is 14.5 Å². The molecule has 2 saturated heterocycles. The number of aromatic nitrogens is 1. The number of rotatable bonds is 3. The Kier molecular flexibility index (Phi) is 4.08. The molecule has 6 nitrogen and oxygen atoms in total. The fourth-order valence-corrected chi connectivity index (χ4v) is 3.48. The van der Waals surface area contributed by atoms with Crippen LogP contribution in [0.2, 0.25) is 0 Å². The summed E-state index contributed by atoms with van der Waals surface area (Å²) in [5.41, 5.74) is 1.66. The van der Waals surface area contributed by atoms with Crippen LogP contribution in [-0.2, 0) is 16.1 Å². The maximum atomic E-state index is 12.4. The summed E-state index contributed by atoms with van der Waals surface area (Å²) in [7, 11) is 0. The molecule has 0 aliphatic carbocycles. The van der Waals surface area contributed by atoms with Crippen molar-refractivity contribution in [1.29, 1.82) is 5.26 Å². The lowest BCUT2D eigenvalue weighted by Gasteiger charge is -2.36. The van der Waals surface area contributed by atoms with Crippen molar-refractivity contribution in [2.45, 2.75) is 18.7 Å². The Morgan fingerprint density at radius 1 is 1.20 bits per heavy atom. The molecular formula is C19H18N4O2. The summed E-state index contributed by atoms with van der Waals surface area (Å²) >= 11 is 0. The van der Waals surface area contributed by atoms with Gasteiger partial charge in [0.15, 0.2) is 0 Å². The van der Waals surface area contributed by atoms with E-state index in [-0.39, 0.29) is 24.7 Å². The highest BCUT2D eigenvalue weighted by molar-refractivity contribution is 5.79. The van der Waals surface area contributed by atoms with E-state index in [9.17, 15) is 4.79 Å². The van der Waals surface area contributed by atoms with Crippen LogP contribution in [0, 0.1) is 11.3 Å². The van der Waals surface area contributed by atoms with Crippen LogP contribution in [0.4, 0.5) is 5.82 Å². The van der Waals surface area contributed by atoms with Crippen molar-refractivity contribution < 1.29 is 9.53 Å². The van der Waals surface area contributed by atoms with E-state index in [4.69, 9.17) is 10.00 Å². The Bertz CT molecular complexity index is 800. The summed E-state index contributed by atoms with van der Waals surface area (Å²) in [5.74, 6) is 0.837. The summed E-state index contributed by atoms with van der Waals surface area (Å²) in [4.78, 5) is 20.8. The molecule has 3 heterocycles. The molecule has 1 aromatic heterocycles. The first-order valence-corrected chi connectivity index (χ1v) is 8.30. The maximum absolute atomic E-state index is 12.4. The number of pyridine rings is 1. The topological polar surface area (TPSA) is 69.5 Å². The number of hydrogen-bond donors (Lipinski definition) is 0. The van der Waals surface area contributed by atoms with Crippen molar-refractivity contribution in [3.8, 4) is 6.07 Å². The van der Waals surface area contributed by atoms with Crippen LogP contribution in [0.15, 0.2) is 48.7 Å². The molecular weight excluding hydrogens is 316 g/mol. The van der Waals surface area contributed by atoms with Gasteiger partial charge in [0.05, 0.1) is 17.7 Å². The van der Waals surface area contributed by atoms with E-state index in [1.54, 1.807) is 12.3 Å². The second-order valence-corrected chi connectivity index (χ2v) is 6.35. The summed E-state index contributed by atoms with van der Waals surface area (Å²) in [6, 6.07) is 15.7. The van der Waals surface area contributed by atoms with Crippen LogP contribution >= 0.6 is 0 Å². The highest BCUT2D eigenvalue weighted by Gasteiger charge is 2.43. The van der Waals surface area contributed by atoms with E-state index in [0.717, 1.165) is 11.4 Å². The molecule has 2 aromatic rings. The summed E-state index contributed by atoms with van der Waals surface area (Å²) < 4.78 is 5.77. The minimum atomic E-state index is -0.0149. The van der Waals surface area contributed by atoms with Crippen LogP contribution in [-0.4, -0.2) is 47.6 Å². The van der Waals surface area contributed by atoms with E-state index < -0.39 is 0 Å². The van der Waals surface area contributed by atoms with Crippen LogP contribution in [0.25, 0.3) is 0 Å². The molecule has 0 saturated carbocycles. The van der Waals surface area contributed by atoms with Crippen LogP contribution in [0.1, 0.15) is 11.1 Å². The molecule has 0 bridgehead atoms. The van der Waals surface area contributed by atoms with Gasteiger partial charge in [0.2, 0.25) is 5.91 Å². The number of carbonyl (C=O) groups excluding carboxylic acids is 1. The monoisotopic (exact) mass is 334 g/mol. The third kappa shape index (κ3) is 3.06. The largest absolute Gasteiger partial charge is 0.364 e. The zero-order chi connectivity index (χ0) is 17.2. The molecule has 6 heteroatoms. The number of fused-ring (bicyclic) bond motifs is 1. The number of anilines is 1. The quantitative estimate of drug-likeness (QED) is 0.852. The minimum Gasteiger partial charge on any atom is -0.364 e. The zero-order valence-corrected chi connectivity index (χ0v) is 13.7. The minimum absolute atomic E-state index is 0.0129. The fraction of sp³-hybridized carbons (Fsp3) is 0.316. The molecule has 25 heavy (non-hydrogen) atoms. The molecule has 2 atom stereocenters. The Hall–Kier alpha value is -2.91. The lowest BCUT2D eigenvalue weighted by Crippen LogP contribution is -2.53. The van der Waals surface area contributed by atoms with Gasteiger partial charge in [0, 0.05) is 25.8 Å². The lowest BCUT2D eigenvalue weighted by atomic mass is 10.1. The molecule has 1 aromatic carbocycles. The third-order valence-corrected chi connectivity index (χ3v) is 4.78. The van der Waals surface area contributed by atoms with E-state index in [2.05, 4.69) is 16.0 Å². The van der Waals surface area contributed by atoms with Crippen molar-refractivity contribution in [2.75, 3.05) is 24.6 Å². The highest BCUT2D eigenvalue weighted by Crippen LogP contribution is 2.28. The number of carbonyl (C=O) groups is 1. The predicted molar refractivity (Wildman–Crippen MR) is 91.7 cm³/mol. The van der Waals surface area contributed by atoms with Crippen LogP contribution in [0.5, 0.6) is 0 Å². The Morgan fingerprint density at radius 3 is 2.76 bits per heavy atom. The van der Waals surface area contributed by atoms with E-state index in [0.29, 0.717) is 25.2 Å². The molecule has 1 amide bonds. The van der Waals surface area contributed by atoms with Crippen LogP contribution < -0.4 is 4.90 Å². The van der Waals surface area contributed by atoms with Gasteiger partial charge in [0.25, 0.3) is 0 Å². The normalized spacial score (nSPS) is 22.6. The number of hydrogen-bond acceptors (Lipinski definition) is 5. The second kappa shape index (κ2) is 6.54. The van der Waals surface area contributed by atoms with Crippen molar-refractivity contribution in [3.05, 3.63) is 59.8 Å². The fourth-order valence-electron chi connectivity index (χ4n) is 3.48. The molecule has 4 rings (SSSR count). The standard InChI is InChI=1S/C19H18N4O2/c20-8-15-6-7-18(21-9-15)22-11-16-17(12-22)25-13-19(24)23(16)10-14-4-2-1-3-5-14/h1-7,9,16-17H,10-13H2/t16-,17+/m1/s1. The SMILES string of the molecule is N#Cc1ccc(N2C[C@@H]3OCC(=O)N(Cc4ccccc4)[C@@H]3C2)nc1. The van der Waals surface area contributed by atoms with E-state index in [1.807, 2.05) is 41.3 Å². The number of amides is 1. The number of benzene rings is 1. The number of nitriles is 1. The van der Waals surface area contributed by atoms with Gasteiger partial charge in [-0.05, 0) is 17.7 Å². The zero-order valence-electron chi connectivity index (χ0n) is 13.7. The number of ether oxygens (including phenoxy) is 1. The first-order chi connectivity index (χ1) is 12.2. The molecule has 0 N–H and O–H groups in total. The molecule has 0 unspecified atom stereocenters. The number of morpholine rings is 1.